The summed E-state index contributed by atoms with van der Waals surface area (Å²) >= 11 is 0. The fourth-order valence-electron chi connectivity index (χ4n) is 1.23. The molecule has 0 radical (unpaired) electrons. The van der Waals surface area contributed by atoms with Gasteiger partial charge in [-0.05, 0) is 30.7 Å². The lowest BCUT2D eigenvalue weighted by Gasteiger charge is -2.03. The molecule has 1 aromatic rings. The maximum absolute atomic E-state index is 11.7. The molecule has 6 heteroatoms. The van der Waals surface area contributed by atoms with Crippen molar-refractivity contribution in [2.24, 2.45) is 5.73 Å². The number of carbonyl (C=O) groups is 1. The van der Waals surface area contributed by atoms with Gasteiger partial charge in [-0.15, -0.1) is 0 Å². The third-order valence-corrected chi connectivity index (χ3v) is 3.89. The molecule has 0 bridgehead atoms. The molecule has 0 saturated carbocycles. The van der Waals surface area contributed by atoms with Gasteiger partial charge in [-0.25, -0.2) is 8.42 Å². The van der Waals surface area contributed by atoms with Crippen molar-refractivity contribution in [2.75, 3.05) is 11.5 Å². The van der Waals surface area contributed by atoms with Gasteiger partial charge >= 0.3 is 0 Å². The Balaban J connectivity index is 2.71. The Morgan fingerprint density at radius 1 is 1.19 bits per heavy atom. The SMILES string of the molecule is NC(=O)CCCS(=O)(=O)c1ccc(N)cc1. The number of benzene rings is 1. The van der Waals surface area contributed by atoms with Crippen LogP contribution >= 0.6 is 0 Å². The zero-order valence-electron chi connectivity index (χ0n) is 8.72. The molecule has 0 aliphatic rings. The zero-order chi connectivity index (χ0) is 12.2. The van der Waals surface area contributed by atoms with Crippen molar-refractivity contribution >= 4 is 21.4 Å². The van der Waals surface area contributed by atoms with Gasteiger partial charge in [0.15, 0.2) is 9.84 Å². The molecule has 0 spiro atoms. The molecule has 0 saturated heterocycles. The molecular weight excluding hydrogens is 228 g/mol. The molecule has 0 fully saturated rings. The largest absolute Gasteiger partial charge is 0.399 e. The Morgan fingerprint density at radius 3 is 2.25 bits per heavy atom. The first-order valence-corrected chi connectivity index (χ1v) is 6.43. The van der Waals surface area contributed by atoms with Crippen LogP contribution in [0.3, 0.4) is 0 Å². The molecule has 0 heterocycles. The zero-order valence-corrected chi connectivity index (χ0v) is 9.53. The highest BCUT2D eigenvalue weighted by molar-refractivity contribution is 7.91. The lowest BCUT2D eigenvalue weighted by atomic mass is 10.3. The maximum Gasteiger partial charge on any atom is 0.217 e. The van der Waals surface area contributed by atoms with Crippen LogP contribution in [-0.2, 0) is 14.6 Å². The number of nitrogens with two attached hydrogens (primary N) is 2. The number of carbonyl (C=O) groups excluding carboxylic acids is 1. The van der Waals surface area contributed by atoms with Gasteiger partial charge < -0.3 is 11.5 Å². The number of hydrogen-bond acceptors (Lipinski definition) is 4. The molecule has 0 aliphatic carbocycles. The van der Waals surface area contributed by atoms with Crippen LogP contribution in [0.25, 0.3) is 0 Å². The normalized spacial score (nSPS) is 11.2. The first kappa shape index (κ1) is 12.5. The predicted octanol–water partition coefficient (Wildman–Crippen LogP) is 0.308. The summed E-state index contributed by atoms with van der Waals surface area (Å²) in [5.41, 5.74) is 10.9. The van der Waals surface area contributed by atoms with Gasteiger partial charge in [0.05, 0.1) is 10.6 Å². The molecule has 1 rings (SSSR count). The van der Waals surface area contributed by atoms with E-state index in [9.17, 15) is 13.2 Å². The van der Waals surface area contributed by atoms with Gasteiger partial charge in [-0.2, -0.15) is 0 Å². The van der Waals surface area contributed by atoms with Gasteiger partial charge in [0, 0.05) is 12.1 Å². The molecule has 0 unspecified atom stereocenters. The third-order valence-electron chi connectivity index (χ3n) is 2.08. The van der Waals surface area contributed by atoms with Crippen LogP contribution in [0.5, 0.6) is 0 Å². The molecular formula is C10H14N2O3S. The van der Waals surface area contributed by atoms with Gasteiger partial charge in [0.2, 0.25) is 5.91 Å². The molecule has 16 heavy (non-hydrogen) atoms. The fourth-order valence-corrected chi connectivity index (χ4v) is 2.54. The number of anilines is 1. The van der Waals surface area contributed by atoms with E-state index in [2.05, 4.69) is 0 Å². The topological polar surface area (TPSA) is 103 Å². The van der Waals surface area contributed by atoms with Crippen molar-refractivity contribution in [3.05, 3.63) is 24.3 Å². The van der Waals surface area contributed by atoms with Gasteiger partial charge in [-0.3, -0.25) is 4.79 Å². The highest BCUT2D eigenvalue weighted by Crippen LogP contribution is 2.14. The second kappa shape index (κ2) is 4.98. The highest BCUT2D eigenvalue weighted by atomic mass is 32.2. The minimum atomic E-state index is -3.34. The van der Waals surface area contributed by atoms with Gasteiger partial charge in [-0.1, -0.05) is 0 Å². The van der Waals surface area contributed by atoms with Crippen LogP contribution < -0.4 is 11.5 Å². The van der Waals surface area contributed by atoms with E-state index in [1.165, 1.54) is 24.3 Å². The fraction of sp³-hybridized carbons (Fsp3) is 0.300. The van der Waals surface area contributed by atoms with Crippen molar-refractivity contribution in [1.29, 1.82) is 0 Å². The standard InChI is InChI=1S/C10H14N2O3S/c11-8-3-5-9(6-4-8)16(14,15)7-1-2-10(12)13/h3-6H,1-2,7,11H2,(H2,12,13). The van der Waals surface area contributed by atoms with Gasteiger partial charge in [0.25, 0.3) is 0 Å². The second-order valence-corrected chi connectivity index (χ2v) is 5.57. The molecule has 0 atom stereocenters. The predicted molar refractivity (Wildman–Crippen MR) is 61.3 cm³/mol. The molecule has 88 valence electrons. The summed E-state index contributed by atoms with van der Waals surface area (Å²) in [6.45, 7) is 0. The Kier molecular flexibility index (Phi) is 3.89. The summed E-state index contributed by atoms with van der Waals surface area (Å²) in [6, 6.07) is 5.96. The van der Waals surface area contributed by atoms with E-state index in [1.54, 1.807) is 0 Å². The summed E-state index contributed by atoms with van der Waals surface area (Å²) in [6.07, 6.45) is 0.316. The van der Waals surface area contributed by atoms with Crippen molar-refractivity contribution < 1.29 is 13.2 Å². The quantitative estimate of drug-likeness (QED) is 0.725. The number of sulfone groups is 1. The van der Waals surface area contributed by atoms with E-state index >= 15 is 0 Å². The van der Waals surface area contributed by atoms with E-state index in [-0.39, 0.29) is 23.5 Å². The number of primary amides is 1. The Labute approximate surface area is 94.4 Å². The summed E-state index contributed by atoms with van der Waals surface area (Å²) in [4.78, 5) is 10.7. The number of hydrogen-bond donors (Lipinski definition) is 2. The van der Waals surface area contributed by atoms with Crippen molar-refractivity contribution in [3.63, 3.8) is 0 Å². The first-order valence-electron chi connectivity index (χ1n) is 4.78. The summed E-state index contributed by atoms with van der Waals surface area (Å²) in [5, 5.41) is 0. The summed E-state index contributed by atoms with van der Waals surface area (Å²) in [7, 11) is -3.34. The monoisotopic (exact) mass is 242 g/mol. The third kappa shape index (κ3) is 3.54. The van der Waals surface area contributed by atoms with Crippen molar-refractivity contribution in [2.45, 2.75) is 17.7 Å². The smallest absolute Gasteiger partial charge is 0.217 e. The molecule has 0 aliphatic heterocycles. The number of amides is 1. The van der Waals surface area contributed by atoms with E-state index in [0.717, 1.165) is 0 Å². The summed E-state index contributed by atoms with van der Waals surface area (Å²) < 4.78 is 23.5. The molecule has 5 nitrogen and oxygen atoms in total. The summed E-state index contributed by atoms with van der Waals surface area (Å²) in [5.74, 6) is -0.577. The first-order chi connectivity index (χ1) is 7.42. The number of nitrogen functional groups attached to an aromatic ring is 1. The second-order valence-electron chi connectivity index (χ2n) is 3.46. The molecule has 0 aromatic heterocycles. The Hall–Kier alpha value is -1.56. The number of rotatable bonds is 5. The van der Waals surface area contributed by atoms with Crippen molar-refractivity contribution in [3.8, 4) is 0 Å². The average Bonchev–Trinajstić information content (AvgIpc) is 2.17. The van der Waals surface area contributed by atoms with E-state index < -0.39 is 15.7 Å². The lowest BCUT2D eigenvalue weighted by Crippen LogP contribution is -2.13. The van der Waals surface area contributed by atoms with Crippen LogP contribution in [0.1, 0.15) is 12.8 Å². The maximum atomic E-state index is 11.7. The average molecular weight is 242 g/mol. The van der Waals surface area contributed by atoms with Crippen LogP contribution in [0.15, 0.2) is 29.2 Å². The minimum Gasteiger partial charge on any atom is -0.399 e. The van der Waals surface area contributed by atoms with E-state index in [0.29, 0.717) is 5.69 Å². The van der Waals surface area contributed by atoms with E-state index in [1.807, 2.05) is 0 Å². The lowest BCUT2D eigenvalue weighted by molar-refractivity contribution is -0.118. The molecule has 1 amide bonds. The molecule has 4 N–H and O–H groups in total. The van der Waals surface area contributed by atoms with Crippen LogP contribution in [0, 0.1) is 0 Å². The van der Waals surface area contributed by atoms with E-state index in [4.69, 9.17) is 11.5 Å². The van der Waals surface area contributed by atoms with Crippen LogP contribution in [0.4, 0.5) is 5.69 Å². The highest BCUT2D eigenvalue weighted by Gasteiger charge is 2.13. The minimum absolute atomic E-state index is 0.0776. The van der Waals surface area contributed by atoms with Gasteiger partial charge in [0.1, 0.15) is 0 Å². The Morgan fingerprint density at radius 2 is 1.75 bits per heavy atom. The Bertz CT molecular complexity index is 465. The van der Waals surface area contributed by atoms with Crippen LogP contribution in [-0.4, -0.2) is 20.1 Å². The van der Waals surface area contributed by atoms with Crippen LogP contribution in [0.2, 0.25) is 0 Å². The molecule has 1 aromatic carbocycles. The van der Waals surface area contributed by atoms with Crippen molar-refractivity contribution in [1.82, 2.24) is 0 Å².